The van der Waals surface area contributed by atoms with Crippen LogP contribution < -0.4 is 4.90 Å². The molecule has 6 nitrogen and oxygen atoms in total. The minimum Gasteiger partial charge on any atom is -0.339 e. The Morgan fingerprint density at radius 3 is 2.44 bits per heavy atom. The molecule has 0 aliphatic heterocycles. The van der Waals surface area contributed by atoms with Gasteiger partial charge in [-0.2, -0.15) is 0 Å². The lowest BCUT2D eigenvalue weighted by Crippen LogP contribution is -2.42. The van der Waals surface area contributed by atoms with Crippen molar-refractivity contribution in [3.05, 3.63) is 0 Å². The number of amides is 2. The molecule has 0 N–H and O–H groups in total. The highest BCUT2D eigenvalue weighted by Crippen LogP contribution is 2.36. The molecule has 0 saturated heterocycles. The van der Waals surface area contributed by atoms with Crippen LogP contribution in [0.2, 0.25) is 0 Å². The predicted octanol–water partition coefficient (Wildman–Crippen LogP) is 3.33. The quantitative estimate of drug-likeness (QED) is 0.534. The molecule has 1 aromatic heterocycles. The molecule has 2 amide bonds. The van der Waals surface area contributed by atoms with E-state index < -0.39 is 0 Å². The van der Waals surface area contributed by atoms with Gasteiger partial charge in [0, 0.05) is 25.6 Å². The summed E-state index contributed by atoms with van der Waals surface area (Å²) in [7, 11) is 0. The van der Waals surface area contributed by atoms with E-state index in [1.807, 2.05) is 4.90 Å². The van der Waals surface area contributed by atoms with Crippen molar-refractivity contribution in [2.75, 3.05) is 17.2 Å². The molecule has 2 fully saturated rings. The van der Waals surface area contributed by atoms with Crippen molar-refractivity contribution in [1.29, 1.82) is 0 Å². The summed E-state index contributed by atoms with van der Waals surface area (Å²) in [5, 5.41) is 8.98. The fourth-order valence-electron chi connectivity index (χ4n) is 3.48. The lowest BCUT2D eigenvalue weighted by atomic mass is 9.94. The molecular formula is C17H26N4O2S2. The minimum absolute atomic E-state index is 0.0146. The van der Waals surface area contributed by atoms with E-state index in [0.717, 1.165) is 36.6 Å². The predicted molar refractivity (Wildman–Crippen MR) is 101 cm³/mol. The Kier molecular flexibility index (Phi) is 6.33. The zero-order chi connectivity index (χ0) is 17.8. The van der Waals surface area contributed by atoms with Gasteiger partial charge in [0.05, 0.1) is 5.75 Å². The van der Waals surface area contributed by atoms with Crippen LogP contribution in [0, 0.1) is 0 Å². The van der Waals surface area contributed by atoms with E-state index in [9.17, 15) is 9.59 Å². The number of thioether (sulfide) groups is 1. The highest BCUT2D eigenvalue weighted by molar-refractivity contribution is 8.01. The van der Waals surface area contributed by atoms with E-state index >= 15 is 0 Å². The van der Waals surface area contributed by atoms with Gasteiger partial charge in [-0.25, -0.2) is 0 Å². The topological polar surface area (TPSA) is 66.4 Å². The van der Waals surface area contributed by atoms with E-state index in [1.54, 1.807) is 11.8 Å². The van der Waals surface area contributed by atoms with Gasteiger partial charge in [-0.05, 0) is 32.6 Å². The fraction of sp³-hybridized carbons (Fsp3) is 0.765. The Hall–Kier alpha value is -1.15. The molecule has 2 aliphatic rings. The molecule has 2 saturated carbocycles. The fourth-order valence-corrected chi connectivity index (χ4v) is 5.32. The first-order chi connectivity index (χ1) is 12.1. The average molecular weight is 383 g/mol. The van der Waals surface area contributed by atoms with Crippen LogP contribution >= 0.6 is 23.1 Å². The third kappa shape index (κ3) is 4.73. The van der Waals surface area contributed by atoms with Crippen LogP contribution in [0.3, 0.4) is 0 Å². The van der Waals surface area contributed by atoms with Crippen molar-refractivity contribution in [3.63, 3.8) is 0 Å². The van der Waals surface area contributed by atoms with Gasteiger partial charge in [0.1, 0.15) is 0 Å². The first-order valence-corrected chi connectivity index (χ1v) is 11.0. The van der Waals surface area contributed by atoms with Crippen molar-refractivity contribution in [2.24, 2.45) is 0 Å². The molecule has 0 atom stereocenters. The lowest BCUT2D eigenvalue weighted by Gasteiger charge is -2.33. The van der Waals surface area contributed by atoms with Crippen LogP contribution in [0.25, 0.3) is 0 Å². The minimum atomic E-state index is 0.0146. The molecule has 1 heterocycles. The summed E-state index contributed by atoms with van der Waals surface area (Å²) in [6, 6.07) is 0.687. The number of hydrogen-bond acceptors (Lipinski definition) is 6. The number of nitrogens with zero attached hydrogens (tertiary/aromatic N) is 4. The lowest BCUT2D eigenvalue weighted by molar-refractivity contribution is -0.131. The molecular weight excluding hydrogens is 356 g/mol. The number of carbonyl (C=O) groups is 2. The monoisotopic (exact) mass is 382 g/mol. The summed E-state index contributed by atoms with van der Waals surface area (Å²) in [5.74, 6) is 0.588. The first kappa shape index (κ1) is 18.6. The Morgan fingerprint density at radius 2 is 1.84 bits per heavy atom. The second-order valence-electron chi connectivity index (χ2n) is 6.73. The van der Waals surface area contributed by atoms with Gasteiger partial charge >= 0.3 is 0 Å². The van der Waals surface area contributed by atoms with E-state index in [2.05, 4.69) is 17.1 Å². The Morgan fingerprint density at radius 1 is 1.12 bits per heavy atom. The largest absolute Gasteiger partial charge is 0.339 e. The zero-order valence-corrected chi connectivity index (χ0v) is 16.6. The highest BCUT2D eigenvalue weighted by atomic mass is 32.2. The molecule has 8 heteroatoms. The summed E-state index contributed by atoms with van der Waals surface area (Å²) in [5.41, 5.74) is 0. The van der Waals surface area contributed by atoms with Gasteiger partial charge < -0.3 is 4.90 Å². The summed E-state index contributed by atoms with van der Waals surface area (Å²) in [6.07, 6.45) is 8.06. The number of hydrogen-bond donors (Lipinski definition) is 0. The second-order valence-corrected chi connectivity index (χ2v) is 8.91. The van der Waals surface area contributed by atoms with E-state index in [4.69, 9.17) is 0 Å². The number of aromatic nitrogens is 2. The second kappa shape index (κ2) is 8.49. The zero-order valence-electron chi connectivity index (χ0n) is 14.9. The molecule has 2 aliphatic carbocycles. The van der Waals surface area contributed by atoms with Crippen molar-refractivity contribution < 1.29 is 9.59 Å². The molecule has 0 unspecified atom stereocenters. The van der Waals surface area contributed by atoms with Crippen LogP contribution in [-0.2, 0) is 9.59 Å². The van der Waals surface area contributed by atoms with Crippen LogP contribution in [0.15, 0.2) is 4.34 Å². The molecule has 3 rings (SSSR count). The number of anilines is 1. The standard InChI is InChI=1S/C17H26N4O2S2/c1-3-20(13-7-5-4-6-8-13)15(23)11-24-17-19-18-16(25-17)21(12(2)22)14-9-10-14/h13-14H,3-11H2,1-2H3. The summed E-state index contributed by atoms with van der Waals surface area (Å²) < 4.78 is 0.759. The molecule has 0 radical (unpaired) electrons. The van der Waals surface area contributed by atoms with Crippen LogP contribution in [0.4, 0.5) is 5.13 Å². The molecule has 0 spiro atoms. The van der Waals surface area contributed by atoms with Gasteiger partial charge in [0.15, 0.2) is 4.34 Å². The average Bonchev–Trinajstić information content (AvgIpc) is 3.32. The molecule has 25 heavy (non-hydrogen) atoms. The van der Waals surface area contributed by atoms with Crippen molar-refractivity contribution in [1.82, 2.24) is 15.1 Å². The summed E-state index contributed by atoms with van der Waals surface area (Å²) >= 11 is 2.84. The van der Waals surface area contributed by atoms with E-state index in [1.165, 1.54) is 42.4 Å². The normalized spacial score (nSPS) is 18.2. The van der Waals surface area contributed by atoms with Crippen molar-refractivity contribution in [3.8, 4) is 0 Å². The highest BCUT2D eigenvalue weighted by Gasteiger charge is 2.34. The summed E-state index contributed by atoms with van der Waals surface area (Å²) in [4.78, 5) is 28.2. The number of carbonyl (C=O) groups excluding carboxylic acids is 2. The third-order valence-electron chi connectivity index (χ3n) is 4.85. The Labute approximate surface area is 157 Å². The SMILES string of the molecule is CCN(C(=O)CSc1nnc(N(C(C)=O)C2CC2)s1)C1CCCCC1. The van der Waals surface area contributed by atoms with Gasteiger partial charge in [-0.1, -0.05) is 42.4 Å². The smallest absolute Gasteiger partial charge is 0.233 e. The Balaban J connectivity index is 1.55. The first-order valence-electron chi connectivity index (χ1n) is 9.15. The van der Waals surface area contributed by atoms with Gasteiger partial charge in [-0.15, -0.1) is 10.2 Å². The molecule has 138 valence electrons. The van der Waals surface area contributed by atoms with Crippen LogP contribution in [0.5, 0.6) is 0 Å². The van der Waals surface area contributed by atoms with Crippen LogP contribution in [-0.4, -0.2) is 51.3 Å². The van der Waals surface area contributed by atoms with Crippen molar-refractivity contribution >= 4 is 40.0 Å². The van der Waals surface area contributed by atoms with Gasteiger partial charge in [0.25, 0.3) is 0 Å². The molecule has 0 aromatic carbocycles. The van der Waals surface area contributed by atoms with Crippen LogP contribution in [0.1, 0.15) is 58.8 Å². The molecule has 1 aromatic rings. The maximum atomic E-state index is 12.6. The maximum absolute atomic E-state index is 12.6. The van der Waals surface area contributed by atoms with Crippen molar-refractivity contribution in [2.45, 2.75) is 75.2 Å². The van der Waals surface area contributed by atoms with Gasteiger partial charge in [-0.3, -0.25) is 14.5 Å². The maximum Gasteiger partial charge on any atom is 0.233 e. The number of rotatable bonds is 7. The Bertz CT molecular complexity index is 612. The van der Waals surface area contributed by atoms with E-state index in [0.29, 0.717) is 16.9 Å². The third-order valence-corrected chi connectivity index (χ3v) is 6.89. The van der Waals surface area contributed by atoms with E-state index in [-0.39, 0.29) is 17.9 Å². The molecule has 0 bridgehead atoms. The summed E-state index contributed by atoms with van der Waals surface area (Å²) in [6.45, 7) is 4.39. The van der Waals surface area contributed by atoms with Gasteiger partial charge in [0.2, 0.25) is 16.9 Å².